The first kappa shape index (κ1) is 12.2. The molecule has 19 heavy (non-hydrogen) atoms. The van der Waals surface area contributed by atoms with E-state index in [1.165, 1.54) is 0 Å². The van der Waals surface area contributed by atoms with Crippen molar-refractivity contribution in [2.24, 2.45) is 0 Å². The highest BCUT2D eigenvalue weighted by molar-refractivity contribution is 6.06. The van der Waals surface area contributed by atoms with E-state index in [9.17, 15) is 4.79 Å². The van der Waals surface area contributed by atoms with Crippen molar-refractivity contribution in [3.63, 3.8) is 0 Å². The van der Waals surface area contributed by atoms with E-state index in [2.05, 4.69) is 4.98 Å². The standard InChI is InChI=1S/C15H18N2O2/c1-10-8-17(9-11(2)19-10)15(18)13-4-3-5-14-12(13)6-7-16-14/h3-7,10-11,16H,8-9H2,1-2H3. The van der Waals surface area contributed by atoms with Crippen LogP contribution in [0.3, 0.4) is 0 Å². The number of hydrogen-bond donors (Lipinski definition) is 1. The van der Waals surface area contributed by atoms with E-state index < -0.39 is 0 Å². The molecule has 0 saturated carbocycles. The van der Waals surface area contributed by atoms with Gasteiger partial charge >= 0.3 is 0 Å². The third-order valence-corrected chi connectivity index (χ3v) is 3.53. The maximum absolute atomic E-state index is 12.7. The first-order valence-corrected chi connectivity index (χ1v) is 6.66. The molecule has 1 aliphatic heterocycles. The minimum atomic E-state index is 0.0900. The maximum Gasteiger partial charge on any atom is 0.254 e. The molecular weight excluding hydrogens is 240 g/mol. The van der Waals surface area contributed by atoms with Gasteiger partial charge in [-0.15, -0.1) is 0 Å². The lowest BCUT2D eigenvalue weighted by Gasteiger charge is -2.35. The Kier molecular flexibility index (Phi) is 3.03. The first-order valence-electron chi connectivity index (χ1n) is 6.66. The van der Waals surface area contributed by atoms with Crippen LogP contribution < -0.4 is 0 Å². The molecule has 2 unspecified atom stereocenters. The molecule has 4 nitrogen and oxygen atoms in total. The van der Waals surface area contributed by atoms with Gasteiger partial charge in [-0.05, 0) is 32.0 Å². The fraction of sp³-hybridized carbons (Fsp3) is 0.400. The molecule has 4 heteroatoms. The molecule has 0 bridgehead atoms. The molecule has 2 aromatic rings. The second-order valence-corrected chi connectivity index (χ2v) is 5.21. The molecule has 1 aromatic carbocycles. The number of amides is 1. The lowest BCUT2D eigenvalue weighted by molar-refractivity contribution is -0.0585. The van der Waals surface area contributed by atoms with Crippen LogP contribution in [0.4, 0.5) is 0 Å². The molecule has 1 fully saturated rings. The predicted octanol–water partition coefficient (Wildman–Crippen LogP) is 2.42. The maximum atomic E-state index is 12.7. The summed E-state index contributed by atoms with van der Waals surface area (Å²) < 4.78 is 5.67. The molecule has 2 atom stereocenters. The number of hydrogen-bond acceptors (Lipinski definition) is 2. The van der Waals surface area contributed by atoms with Gasteiger partial charge < -0.3 is 14.6 Å². The Hall–Kier alpha value is -1.81. The van der Waals surface area contributed by atoms with Crippen LogP contribution in [0.5, 0.6) is 0 Å². The number of carbonyl (C=O) groups excluding carboxylic acids is 1. The van der Waals surface area contributed by atoms with E-state index in [-0.39, 0.29) is 18.1 Å². The van der Waals surface area contributed by atoms with Crippen LogP contribution in [-0.2, 0) is 4.74 Å². The number of nitrogens with zero attached hydrogens (tertiary/aromatic N) is 1. The van der Waals surface area contributed by atoms with Crippen molar-refractivity contribution in [3.05, 3.63) is 36.0 Å². The van der Waals surface area contributed by atoms with E-state index in [0.29, 0.717) is 13.1 Å². The number of rotatable bonds is 1. The topological polar surface area (TPSA) is 45.3 Å². The minimum absolute atomic E-state index is 0.0900. The Morgan fingerprint density at radius 1 is 1.26 bits per heavy atom. The molecule has 1 N–H and O–H groups in total. The van der Waals surface area contributed by atoms with Crippen LogP contribution >= 0.6 is 0 Å². The Bertz CT molecular complexity index is 595. The average Bonchev–Trinajstić information content (AvgIpc) is 2.84. The summed E-state index contributed by atoms with van der Waals surface area (Å²) in [4.78, 5) is 17.7. The van der Waals surface area contributed by atoms with E-state index in [0.717, 1.165) is 16.5 Å². The van der Waals surface area contributed by atoms with Crippen LogP contribution in [0.25, 0.3) is 10.9 Å². The monoisotopic (exact) mass is 258 g/mol. The number of aromatic nitrogens is 1. The number of ether oxygens (including phenoxy) is 1. The third kappa shape index (κ3) is 2.24. The molecular formula is C15H18N2O2. The van der Waals surface area contributed by atoms with Crippen LogP contribution in [0.2, 0.25) is 0 Å². The summed E-state index contributed by atoms with van der Waals surface area (Å²) in [5.41, 5.74) is 1.76. The molecule has 0 radical (unpaired) electrons. The Labute approximate surface area is 112 Å². The summed E-state index contributed by atoms with van der Waals surface area (Å²) in [6, 6.07) is 7.75. The summed E-state index contributed by atoms with van der Waals surface area (Å²) in [6.45, 7) is 5.33. The Morgan fingerprint density at radius 3 is 2.74 bits per heavy atom. The molecule has 1 aliphatic rings. The fourth-order valence-electron chi connectivity index (χ4n) is 2.79. The number of aromatic amines is 1. The van der Waals surface area contributed by atoms with Crippen LogP contribution in [0.1, 0.15) is 24.2 Å². The number of benzene rings is 1. The number of H-pyrrole nitrogens is 1. The smallest absolute Gasteiger partial charge is 0.254 e. The van der Waals surface area contributed by atoms with Gasteiger partial charge in [0, 0.05) is 35.8 Å². The fourth-order valence-corrected chi connectivity index (χ4v) is 2.79. The summed E-state index contributed by atoms with van der Waals surface area (Å²) in [7, 11) is 0. The van der Waals surface area contributed by atoms with Crippen LogP contribution in [-0.4, -0.2) is 41.1 Å². The average molecular weight is 258 g/mol. The van der Waals surface area contributed by atoms with Crippen molar-refractivity contribution >= 4 is 16.8 Å². The summed E-state index contributed by atoms with van der Waals surface area (Å²) >= 11 is 0. The molecule has 0 spiro atoms. The van der Waals surface area contributed by atoms with E-state index in [1.807, 2.05) is 49.2 Å². The summed E-state index contributed by atoms with van der Waals surface area (Å²) in [6.07, 6.45) is 2.06. The zero-order valence-corrected chi connectivity index (χ0v) is 11.2. The van der Waals surface area contributed by atoms with Crippen molar-refractivity contribution in [2.45, 2.75) is 26.1 Å². The molecule has 100 valence electrons. The quantitative estimate of drug-likeness (QED) is 0.853. The third-order valence-electron chi connectivity index (χ3n) is 3.53. The molecule has 1 aromatic heterocycles. The summed E-state index contributed by atoms with van der Waals surface area (Å²) in [5.74, 6) is 0.0900. The number of carbonyl (C=O) groups is 1. The zero-order chi connectivity index (χ0) is 13.4. The molecule has 2 heterocycles. The number of fused-ring (bicyclic) bond motifs is 1. The molecule has 1 saturated heterocycles. The summed E-state index contributed by atoms with van der Waals surface area (Å²) in [5, 5.41) is 0.985. The highest BCUT2D eigenvalue weighted by Gasteiger charge is 2.27. The highest BCUT2D eigenvalue weighted by atomic mass is 16.5. The van der Waals surface area contributed by atoms with Crippen LogP contribution in [0, 0.1) is 0 Å². The normalized spacial score (nSPS) is 23.8. The number of morpholine rings is 1. The van der Waals surface area contributed by atoms with Gasteiger partial charge in [0.05, 0.1) is 12.2 Å². The van der Waals surface area contributed by atoms with Crippen molar-refractivity contribution in [3.8, 4) is 0 Å². The molecule has 1 amide bonds. The van der Waals surface area contributed by atoms with Crippen molar-refractivity contribution in [1.29, 1.82) is 0 Å². The second kappa shape index (κ2) is 4.70. The molecule has 3 rings (SSSR count). The Balaban J connectivity index is 1.93. The highest BCUT2D eigenvalue weighted by Crippen LogP contribution is 2.21. The lowest BCUT2D eigenvalue weighted by atomic mass is 10.1. The van der Waals surface area contributed by atoms with Crippen molar-refractivity contribution in [1.82, 2.24) is 9.88 Å². The predicted molar refractivity (Wildman–Crippen MR) is 74.2 cm³/mol. The Morgan fingerprint density at radius 2 is 2.00 bits per heavy atom. The first-order chi connectivity index (χ1) is 9.15. The largest absolute Gasteiger partial charge is 0.372 e. The SMILES string of the molecule is CC1CN(C(=O)c2cccc3[nH]ccc23)CC(C)O1. The van der Waals surface area contributed by atoms with Crippen molar-refractivity contribution < 1.29 is 9.53 Å². The van der Waals surface area contributed by atoms with Gasteiger partial charge in [0.15, 0.2) is 0 Å². The van der Waals surface area contributed by atoms with Gasteiger partial charge in [-0.1, -0.05) is 6.07 Å². The van der Waals surface area contributed by atoms with Crippen molar-refractivity contribution in [2.75, 3.05) is 13.1 Å². The second-order valence-electron chi connectivity index (χ2n) is 5.21. The van der Waals surface area contributed by atoms with Gasteiger partial charge in [0.1, 0.15) is 0 Å². The van der Waals surface area contributed by atoms with Crippen LogP contribution in [0.15, 0.2) is 30.5 Å². The lowest BCUT2D eigenvalue weighted by Crippen LogP contribution is -2.48. The van der Waals surface area contributed by atoms with Gasteiger partial charge in [-0.2, -0.15) is 0 Å². The zero-order valence-electron chi connectivity index (χ0n) is 11.2. The van der Waals surface area contributed by atoms with E-state index in [1.54, 1.807) is 0 Å². The van der Waals surface area contributed by atoms with E-state index >= 15 is 0 Å². The van der Waals surface area contributed by atoms with Gasteiger partial charge in [-0.25, -0.2) is 0 Å². The van der Waals surface area contributed by atoms with Gasteiger partial charge in [0.25, 0.3) is 5.91 Å². The van der Waals surface area contributed by atoms with Gasteiger partial charge in [-0.3, -0.25) is 4.79 Å². The van der Waals surface area contributed by atoms with Gasteiger partial charge in [0.2, 0.25) is 0 Å². The minimum Gasteiger partial charge on any atom is -0.372 e. The van der Waals surface area contributed by atoms with E-state index in [4.69, 9.17) is 4.74 Å². The number of nitrogens with one attached hydrogen (secondary N) is 1. The molecule has 0 aliphatic carbocycles.